The number of rotatable bonds is 2. The van der Waals surface area contributed by atoms with Gasteiger partial charge in [0.1, 0.15) is 10.7 Å². The molecule has 2 aromatic rings. The van der Waals surface area contributed by atoms with Crippen LogP contribution in [0.15, 0.2) is 0 Å². The highest BCUT2D eigenvalue weighted by atomic mass is 32.1. The number of aryl methyl sites for hydroxylation is 3. The number of carbonyl (C=O) groups is 2. The zero-order valence-corrected chi connectivity index (χ0v) is 13.7. The highest BCUT2D eigenvalue weighted by Gasteiger charge is 2.32. The molecule has 0 spiro atoms. The van der Waals surface area contributed by atoms with Crippen LogP contribution in [0.5, 0.6) is 0 Å². The molecule has 0 bridgehead atoms. The molecule has 1 saturated heterocycles. The van der Waals surface area contributed by atoms with Crippen molar-refractivity contribution in [2.45, 2.75) is 27.2 Å². The summed E-state index contributed by atoms with van der Waals surface area (Å²) in [5, 5.41) is 0.963. The number of primary amides is 1. The largest absolute Gasteiger partial charge is 0.369 e. The number of hydrogen-bond donors (Lipinski definition) is 1. The van der Waals surface area contributed by atoms with Gasteiger partial charge in [0, 0.05) is 24.2 Å². The van der Waals surface area contributed by atoms with E-state index in [9.17, 15) is 9.59 Å². The molecule has 0 aromatic carbocycles. The van der Waals surface area contributed by atoms with Gasteiger partial charge in [0.2, 0.25) is 5.91 Å². The lowest BCUT2D eigenvalue weighted by Gasteiger charge is -2.15. The Morgan fingerprint density at radius 1 is 1.27 bits per heavy atom. The molecule has 22 heavy (non-hydrogen) atoms. The second-order valence-corrected chi connectivity index (χ2v) is 6.73. The number of thiophene rings is 1. The first-order valence-electron chi connectivity index (χ1n) is 7.21. The zero-order chi connectivity index (χ0) is 16.0. The SMILES string of the molecule is Cc1nc(C)c2c(C)c(C(=O)N3CC[C@H](C(N)=O)C3)sc2n1. The van der Waals surface area contributed by atoms with E-state index in [0.717, 1.165) is 21.5 Å². The lowest BCUT2D eigenvalue weighted by atomic mass is 10.1. The van der Waals surface area contributed by atoms with E-state index in [1.165, 1.54) is 11.3 Å². The summed E-state index contributed by atoms with van der Waals surface area (Å²) in [5.74, 6) is 0.102. The Morgan fingerprint density at radius 3 is 2.64 bits per heavy atom. The van der Waals surface area contributed by atoms with Gasteiger partial charge in [-0.1, -0.05) is 0 Å². The van der Waals surface area contributed by atoms with E-state index in [0.29, 0.717) is 30.2 Å². The average Bonchev–Trinajstić information content (AvgIpc) is 3.03. The minimum absolute atomic E-state index is 0.0405. The second kappa shape index (κ2) is 5.31. The van der Waals surface area contributed by atoms with Gasteiger partial charge < -0.3 is 10.6 Å². The van der Waals surface area contributed by atoms with Crippen molar-refractivity contribution in [3.05, 3.63) is 22.0 Å². The lowest BCUT2D eigenvalue weighted by molar-refractivity contribution is -0.121. The molecule has 0 saturated carbocycles. The summed E-state index contributed by atoms with van der Waals surface area (Å²) < 4.78 is 0. The molecule has 7 heteroatoms. The third kappa shape index (κ3) is 2.35. The molecule has 1 atom stereocenters. The number of hydrogen-bond acceptors (Lipinski definition) is 5. The predicted molar refractivity (Wildman–Crippen MR) is 84.8 cm³/mol. The molecule has 1 aliphatic rings. The molecule has 0 aliphatic carbocycles. The second-order valence-electron chi connectivity index (χ2n) is 5.73. The maximum Gasteiger partial charge on any atom is 0.264 e. The number of nitrogens with zero attached hydrogens (tertiary/aromatic N) is 3. The van der Waals surface area contributed by atoms with Crippen LogP contribution in [0.25, 0.3) is 10.2 Å². The van der Waals surface area contributed by atoms with Crippen molar-refractivity contribution in [2.24, 2.45) is 11.7 Å². The predicted octanol–water partition coefficient (Wildman–Crippen LogP) is 1.56. The molecule has 6 nitrogen and oxygen atoms in total. The van der Waals surface area contributed by atoms with Crippen LogP contribution in [0.2, 0.25) is 0 Å². The van der Waals surface area contributed by atoms with Gasteiger partial charge in [0.15, 0.2) is 0 Å². The van der Waals surface area contributed by atoms with E-state index < -0.39 is 0 Å². The van der Waals surface area contributed by atoms with E-state index in [2.05, 4.69) is 9.97 Å². The van der Waals surface area contributed by atoms with Crippen molar-refractivity contribution >= 4 is 33.4 Å². The van der Waals surface area contributed by atoms with Gasteiger partial charge in [-0.2, -0.15) is 0 Å². The van der Waals surface area contributed by atoms with Gasteiger partial charge in [0.25, 0.3) is 5.91 Å². The van der Waals surface area contributed by atoms with Gasteiger partial charge in [-0.05, 0) is 32.8 Å². The summed E-state index contributed by atoms with van der Waals surface area (Å²) >= 11 is 1.40. The van der Waals surface area contributed by atoms with Gasteiger partial charge in [0.05, 0.1) is 10.8 Å². The smallest absolute Gasteiger partial charge is 0.264 e. The lowest BCUT2D eigenvalue weighted by Crippen LogP contribution is -2.31. The molecule has 0 radical (unpaired) electrons. The fraction of sp³-hybridized carbons (Fsp3) is 0.467. The maximum absolute atomic E-state index is 12.7. The standard InChI is InChI=1S/C15H18N4O2S/c1-7-11-8(2)17-9(3)18-14(11)22-12(7)15(21)19-5-4-10(6-19)13(16)20/h10H,4-6H2,1-3H3,(H2,16,20)/t10-/m0/s1. The van der Waals surface area contributed by atoms with E-state index in [-0.39, 0.29) is 17.7 Å². The molecule has 2 amide bonds. The van der Waals surface area contributed by atoms with Crippen LogP contribution in [-0.4, -0.2) is 39.8 Å². The summed E-state index contributed by atoms with van der Waals surface area (Å²) in [5.41, 5.74) is 7.15. The first kappa shape index (κ1) is 14.9. The number of amides is 2. The van der Waals surface area contributed by atoms with Crippen LogP contribution < -0.4 is 5.73 Å². The molecule has 2 N–H and O–H groups in total. The topological polar surface area (TPSA) is 89.2 Å². The van der Waals surface area contributed by atoms with Crippen molar-refractivity contribution in [1.29, 1.82) is 0 Å². The van der Waals surface area contributed by atoms with Crippen molar-refractivity contribution in [2.75, 3.05) is 13.1 Å². The Balaban J connectivity index is 1.97. The third-order valence-corrected chi connectivity index (χ3v) is 5.33. The summed E-state index contributed by atoms with van der Waals surface area (Å²) in [7, 11) is 0. The molecule has 0 unspecified atom stereocenters. The number of carbonyl (C=O) groups excluding carboxylic acids is 2. The Labute approximate surface area is 132 Å². The number of nitrogens with two attached hydrogens (primary N) is 1. The van der Waals surface area contributed by atoms with E-state index in [4.69, 9.17) is 5.73 Å². The van der Waals surface area contributed by atoms with Gasteiger partial charge in [-0.15, -0.1) is 11.3 Å². The number of fused-ring (bicyclic) bond motifs is 1. The molecule has 2 aromatic heterocycles. The summed E-state index contributed by atoms with van der Waals surface area (Å²) in [6, 6.07) is 0. The minimum atomic E-state index is -0.333. The molecular formula is C15H18N4O2S. The minimum Gasteiger partial charge on any atom is -0.369 e. The number of aromatic nitrogens is 2. The first-order valence-corrected chi connectivity index (χ1v) is 8.03. The molecule has 3 heterocycles. The molecule has 1 fully saturated rings. The van der Waals surface area contributed by atoms with Gasteiger partial charge in [-0.25, -0.2) is 9.97 Å². The zero-order valence-electron chi connectivity index (χ0n) is 12.8. The summed E-state index contributed by atoms with van der Waals surface area (Å²) in [6.07, 6.45) is 0.642. The Bertz CT molecular complexity index is 783. The average molecular weight is 318 g/mol. The van der Waals surface area contributed by atoms with Crippen LogP contribution in [-0.2, 0) is 4.79 Å². The Kier molecular flexibility index (Phi) is 3.60. The molecule has 116 valence electrons. The summed E-state index contributed by atoms with van der Waals surface area (Å²) in [4.78, 5) is 36.1. The fourth-order valence-electron chi connectivity index (χ4n) is 3.00. The Morgan fingerprint density at radius 2 is 2.00 bits per heavy atom. The number of likely N-dealkylation sites (tertiary alicyclic amines) is 1. The van der Waals surface area contributed by atoms with E-state index >= 15 is 0 Å². The molecule has 3 rings (SSSR count). The normalized spacial score (nSPS) is 18.1. The van der Waals surface area contributed by atoms with E-state index in [1.54, 1.807) is 4.90 Å². The quantitative estimate of drug-likeness (QED) is 0.910. The van der Waals surface area contributed by atoms with Crippen LogP contribution in [0.1, 0.15) is 33.2 Å². The third-order valence-electron chi connectivity index (χ3n) is 4.15. The van der Waals surface area contributed by atoms with Crippen molar-refractivity contribution in [1.82, 2.24) is 14.9 Å². The van der Waals surface area contributed by atoms with Crippen LogP contribution in [0, 0.1) is 26.7 Å². The van der Waals surface area contributed by atoms with E-state index in [1.807, 2.05) is 20.8 Å². The highest BCUT2D eigenvalue weighted by Crippen LogP contribution is 2.33. The summed E-state index contributed by atoms with van der Waals surface area (Å²) in [6.45, 7) is 6.69. The fourth-order valence-corrected chi connectivity index (χ4v) is 4.24. The molecular weight excluding hydrogens is 300 g/mol. The first-order chi connectivity index (χ1) is 10.4. The van der Waals surface area contributed by atoms with Gasteiger partial charge in [-0.3, -0.25) is 9.59 Å². The van der Waals surface area contributed by atoms with Crippen LogP contribution >= 0.6 is 11.3 Å². The van der Waals surface area contributed by atoms with Crippen molar-refractivity contribution < 1.29 is 9.59 Å². The monoisotopic (exact) mass is 318 g/mol. The highest BCUT2D eigenvalue weighted by molar-refractivity contribution is 7.20. The molecule has 1 aliphatic heterocycles. The van der Waals surface area contributed by atoms with Crippen LogP contribution in [0.3, 0.4) is 0 Å². The van der Waals surface area contributed by atoms with Crippen molar-refractivity contribution in [3.63, 3.8) is 0 Å². The van der Waals surface area contributed by atoms with Crippen LogP contribution in [0.4, 0.5) is 0 Å². The van der Waals surface area contributed by atoms with Crippen molar-refractivity contribution in [3.8, 4) is 0 Å². The maximum atomic E-state index is 12.7. The Hall–Kier alpha value is -2.02. The van der Waals surface area contributed by atoms with Gasteiger partial charge >= 0.3 is 0 Å².